The van der Waals surface area contributed by atoms with Gasteiger partial charge >= 0.3 is 0 Å². The zero-order chi connectivity index (χ0) is 11.5. The third kappa shape index (κ3) is 3.06. The number of hydrogen-bond donors (Lipinski definition) is 1. The Labute approximate surface area is 104 Å². The fraction of sp³-hybridized carbons (Fsp3) is 0.500. The Morgan fingerprint density at radius 1 is 1.44 bits per heavy atom. The quantitative estimate of drug-likeness (QED) is 0.878. The van der Waals surface area contributed by atoms with Gasteiger partial charge in [-0.15, -0.1) is 0 Å². The minimum atomic E-state index is -0.923. The topological polar surface area (TPSA) is 29.1 Å². The third-order valence-electron chi connectivity index (χ3n) is 2.97. The molecule has 1 fully saturated rings. The van der Waals surface area contributed by atoms with Crippen LogP contribution in [0.25, 0.3) is 0 Å². The van der Waals surface area contributed by atoms with Crippen molar-refractivity contribution in [3.8, 4) is 0 Å². The second-order valence-corrected chi connectivity index (χ2v) is 6.13. The molecule has 0 saturated heterocycles. The highest BCUT2D eigenvalue weighted by atomic mass is 35.5. The summed E-state index contributed by atoms with van der Waals surface area (Å²) in [5.41, 5.74) is 0. The van der Waals surface area contributed by atoms with Crippen molar-refractivity contribution in [2.75, 3.05) is 12.8 Å². The average molecular weight is 258 g/mol. The van der Waals surface area contributed by atoms with Crippen LogP contribution in [-0.4, -0.2) is 23.1 Å². The summed E-state index contributed by atoms with van der Waals surface area (Å²) in [6, 6.07) is 7.66. The van der Waals surface area contributed by atoms with Crippen LogP contribution >= 0.6 is 11.6 Å². The normalized spacial score (nSPS) is 19.4. The van der Waals surface area contributed by atoms with Crippen LogP contribution in [0.5, 0.6) is 0 Å². The van der Waals surface area contributed by atoms with E-state index in [1.165, 1.54) is 12.8 Å². The molecule has 88 valence electrons. The maximum atomic E-state index is 12.1. The molecule has 4 heteroatoms. The van der Waals surface area contributed by atoms with Gasteiger partial charge < -0.3 is 5.32 Å². The smallest absolute Gasteiger partial charge is 0.0545 e. The van der Waals surface area contributed by atoms with Crippen molar-refractivity contribution in [2.45, 2.75) is 23.8 Å². The van der Waals surface area contributed by atoms with E-state index in [4.69, 9.17) is 11.6 Å². The van der Waals surface area contributed by atoms with Crippen LogP contribution in [0.15, 0.2) is 29.2 Å². The summed E-state index contributed by atoms with van der Waals surface area (Å²) in [6.07, 6.45) is 2.53. The Morgan fingerprint density at radius 2 is 2.06 bits per heavy atom. The Hall–Kier alpha value is -0.380. The molecule has 1 aromatic rings. The lowest BCUT2D eigenvalue weighted by atomic mass is 10.2. The fourth-order valence-electron chi connectivity index (χ4n) is 1.80. The molecule has 1 aliphatic carbocycles. The molecule has 0 heterocycles. The molecular formula is C12H16ClNOS. The van der Waals surface area contributed by atoms with Crippen LogP contribution in [0.1, 0.15) is 12.8 Å². The van der Waals surface area contributed by atoms with E-state index in [2.05, 4.69) is 5.32 Å². The van der Waals surface area contributed by atoms with E-state index >= 15 is 0 Å². The highest BCUT2D eigenvalue weighted by Gasteiger charge is 2.31. The van der Waals surface area contributed by atoms with Crippen LogP contribution in [0.2, 0.25) is 5.02 Å². The van der Waals surface area contributed by atoms with Crippen molar-refractivity contribution in [1.82, 2.24) is 5.32 Å². The number of rotatable bonds is 5. The van der Waals surface area contributed by atoms with E-state index in [-0.39, 0.29) is 0 Å². The van der Waals surface area contributed by atoms with Crippen molar-refractivity contribution in [3.63, 3.8) is 0 Å². The lowest BCUT2D eigenvalue weighted by Gasteiger charge is -2.14. The minimum Gasteiger partial charge on any atom is -0.316 e. The van der Waals surface area contributed by atoms with E-state index < -0.39 is 10.8 Å². The Morgan fingerprint density at radius 3 is 2.56 bits per heavy atom. The standard InChI is InChI=1S/C12H16ClNOS/c1-14-12(9-2-3-9)8-16(15)11-6-4-10(13)5-7-11/h4-7,9,12,14H,2-3,8H2,1H3. The summed E-state index contributed by atoms with van der Waals surface area (Å²) in [5, 5.41) is 3.94. The lowest BCUT2D eigenvalue weighted by molar-refractivity contribution is 0.546. The summed E-state index contributed by atoms with van der Waals surface area (Å²) in [5.74, 6) is 1.42. The predicted molar refractivity (Wildman–Crippen MR) is 68.3 cm³/mol. The predicted octanol–water partition coefficient (Wildman–Crippen LogP) is 2.45. The van der Waals surface area contributed by atoms with Crippen LogP contribution in [0.4, 0.5) is 0 Å². The van der Waals surface area contributed by atoms with E-state index in [0.29, 0.717) is 16.8 Å². The monoisotopic (exact) mass is 257 g/mol. The first-order valence-corrected chi connectivity index (χ1v) is 7.21. The zero-order valence-corrected chi connectivity index (χ0v) is 10.9. The molecular weight excluding hydrogens is 242 g/mol. The van der Waals surface area contributed by atoms with E-state index in [1.54, 1.807) is 12.1 Å². The lowest BCUT2D eigenvalue weighted by Crippen LogP contribution is -2.33. The summed E-state index contributed by atoms with van der Waals surface area (Å²) in [7, 11) is 1.02. The summed E-state index contributed by atoms with van der Waals surface area (Å²) in [4.78, 5) is 0.866. The molecule has 2 atom stereocenters. The SMILES string of the molecule is CNC(CS(=O)c1ccc(Cl)cc1)C1CC1. The second kappa shape index (κ2) is 5.30. The summed E-state index contributed by atoms with van der Waals surface area (Å²) >= 11 is 5.80. The maximum absolute atomic E-state index is 12.1. The molecule has 0 bridgehead atoms. The molecule has 0 amide bonds. The van der Waals surface area contributed by atoms with Gasteiger partial charge in [0.25, 0.3) is 0 Å². The molecule has 1 aromatic carbocycles. The summed E-state index contributed by atoms with van der Waals surface area (Å²) in [6.45, 7) is 0. The van der Waals surface area contributed by atoms with Crippen LogP contribution in [0.3, 0.4) is 0 Å². The van der Waals surface area contributed by atoms with Crippen LogP contribution in [0, 0.1) is 5.92 Å². The molecule has 0 spiro atoms. The summed E-state index contributed by atoms with van der Waals surface area (Å²) < 4.78 is 12.1. The van der Waals surface area contributed by atoms with Gasteiger partial charge in [0.05, 0.1) is 10.8 Å². The minimum absolute atomic E-state index is 0.386. The largest absolute Gasteiger partial charge is 0.316 e. The molecule has 16 heavy (non-hydrogen) atoms. The maximum Gasteiger partial charge on any atom is 0.0545 e. The first kappa shape index (κ1) is 12.1. The molecule has 1 N–H and O–H groups in total. The fourth-order valence-corrected chi connectivity index (χ4v) is 3.32. The zero-order valence-electron chi connectivity index (χ0n) is 9.28. The van der Waals surface area contributed by atoms with Crippen molar-refractivity contribution >= 4 is 22.4 Å². The molecule has 1 saturated carbocycles. The first-order valence-electron chi connectivity index (χ1n) is 5.52. The molecule has 2 unspecified atom stereocenters. The van der Waals surface area contributed by atoms with Crippen molar-refractivity contribution in [3.05, 3.63) is 29.3 Å². The Balaban J connectivity index is 1.98. The van der Waals surface area contributed by atoms with Crippen LogP contribution in [-0.2, 0) is 10.8 Å². The van der Waals surface area contributed by atoms with Gasteiger partial charge in [-0.2, -0.15) is 0 Å². The average Bonchev–Trinajstić information content (AvgIpc) is 3.10. The number of nitrogens with one attached hydrogen (secondary N) is 1. The van der Waals surface area contributed by atoms with Gasteiger partial charge in [0.15, 0.2) is 0 Å². The molecule has 0 aromatic heterocycles. The molecule has 0 aliphatic heterocycles. The van der Waals surface area contributed by atoms with Crippen molar-refractivity contribution in [1.29, 1.82) is 0 Å². The number of benzene rings is 1. The van der Waals surface area contributed by atoms with Gasteiger partial charge in [-0.05, 0) is 50.1 Å². The van der Waals surface area contributed by atoms with Gasteiger partial charge in [-0.1, -0.05) is 11.6 Å². The second-order valence-electron chi connectivity index (χ2n) is 4.20. The first-order chi connectivity index (χ1) is 7.70. The molecule has 2 rings (SSSR count). The van der Waals surface area contributed by atoms with Crippen LogP contribution < -0.4 is 5.32 Å². The number of halogens is 1. The van der Waals surface area contributed by atoms with Gasteiger partial charge in [0, 0.05) is 21.7 Å². The molecule has 1 aliphatic rings. The van der Waals surface area contributed by atoms with Gasteiger partial charge in [-0.3, -0.25) is 4.21 Å². The molecule has 2 nitrogen and oxygen atoms in total. The third-order valence-corrected chi connectivity index (χ3v) is 4.68. The Kier molecular flexibility index (Phi) is 4.00. The van der Waals surface area contributed by atoms with Crippen molar-refractivity contribution < 1.29 is 4.21 Å². The van der Waals surface area contributed by atoms with E-state index in [1.807, 2.05) is 19.2 Å². The highest BCUT2D eigenvalue weighted by Crippen LogP contribution is 2.33. The van der Waals surface area contributed by atoms with Crippen molar-refractivity contribution in [2.24, 2.45) is 5.92 Å². The van der Waals surface area contributed by atoms with E-state index in [0.717, 1.165) is 10.8 Å². The highest BCUT2D eigenvalue weighted by molar-refractivity contribution is 7.85. The van der Waals surface area contributed by atoms with Gasteiger partial charge in [0.1, 0.15) is 0 Å². The number of hydrogen-bond acceptors (Lipinski definition) is 2. The Bertz CT molecular complexity index is 375. The van der Waals surface area contributed by atoms with Gasteiger partial charge in [0.2, 0.25) is 0 Å². The molecule has 0 radical (unpaired) electrons. The van der Waals surface area contributed by atoms with Gasteiger partial charge in [-0.25, -0.2) is 0 Å². The van der Waals surface area contributed by atoms with E-state index in [9.17, 15) is 4.21 Å².